The fourth-order valence-corrected chi connectivity index (χ4v) is 1.88. The van der Waals surface area contributed by atoms with Gasteiger partial charge in [-0.2, -0.15) is 0 Å². The predicted octanol–water partition coefficient (Wildman–Crippen LogP) is 3.01. The van der Waals surface area contributed by atoms with Crippen LogP contribution in [0.3, 0.4) is 0 Å². The largest absolute Gasteiger partial charge is 0.492 e. The van der Waals surface area contributed by atoms with Crippen molar-refractivity contribution in [1.29, 1.82) is 0 Å². The first-order chi connectivity index (χ1) is 8.54. The number of hydrogen-bond acceptors (Lipinski definition) is 2. The molecular formula is C14H20BrNO2. The van der Waals surface area contributed by atoms with E-state index in [1.54, 1.807) is 11.9 Å². The molecule has 0 aliphatic heterocycles. The second-order valence-corrected chi connectivity index (χ2v) is 5.41. The van der Waals surface area contributed by atoms with Crippen LogP contribution in [0.5, 0.6) is 5.75 Å². The highest BCUT2D eigenvalue weighted by Crippen LogP contribution is 2.12. The van der Waals surface area contributed by atoms with Gasteiger partial charge in [0, 0.05) is 7.05 Å². The van der Waals surface area contributed by atoms with E-state index in [9.17, 15) is 4.79 Å². The van der Waals surface area contributed by atoms with Crippen LogP contribution in [0.1, 0.15) is 18.9 Å². The highest BCUT2D eigenvalue weighted by Gasteiger charge is 2.16. The second kappa shape index (κ2) is 7.41. The average molecular weight is 314 g/mol. The number of carbonyl (C=O) groups is 1. The van der Waals surface area contributed by atoms with E-state index in [4.69, 9.17) is 4.74 Å². The van der Waals surface area contributed by atoms with Gasteiger partial charge in [-0.25, -0.2) is 0 Å². The molecule has 0 bridgehead atoms. The maximum absolute atomic E-state index is 11.8. The van der Waals surface area contributed by atoms with E-state index in [0.717, 1.165) is 12.2 Å². The van der Waals surface area contributed by atoms with Crippen molar-refractivity contribution < 1.29 is 9.53 Å². The SMILES string of the molecule is CCC(Br)C(=O)N(C)CCOc1cccc(C)c1. The van der Waals surface area contributed by atoms with Gasteiger partial charge in [-0.15, -0.1) is 0 Å². The minimum absolute atomic E-state index is 0.0959. The van der Waals surface area contributed by atoms with E-state index in [2.05, 4.69) is 15.9 Å². The van der Waals surface area contributed by atoms with E-state index in [1.807, 2.05) is 38.1 Å². The van der Waals surface area contributed by atoms with Crippen molar-refractivity contribution in [1.82, 2.24) is 4.90 Å². The molecule has 0 N–H and O–H groups in total. The van der Waals surface area contributed by atoms with Crippen molar-refractivity contribution in [3.8, 4) is 5.75 Å². The summed E-state index contributed by atoms with van der Waals surface area (Å²) in [7, 11) is 1.80. The first kappa shape index (κ1) is 15.0. The molecule has 1 unspecified atom stereocenters. The summed E-state index contributed by atoms with van der Waals surface area (Å²) >= 11 is 3.36. The summed E-state index contributed by atoms with van der Waals surface area (Å²) in [4.78, 5) is 13.4. The Balaban J connectivity index is 2.35. The number of ether oxygens (including phenoxy) is 1. The molecule has 100 valence electrons. The third-order valence-corrected chi connectivity index (χ3v) is 3.73. The number of alkyl halides is 1. The minimum Gasteiger partial charge on any atom is -0.492 e. The number of nitrogens with zero attached hydrogens (tertiary/aromatic N) is 1. The molecule has 0 aliphatic rings. The summed E-state index contributed by atoms with van der Waals surface area (Å²) < 4.78 is 5.61. The van der Waals surface area contributed by atoms with Gasteiger partial charge in [0.2, 0.25) is 5.91 Å². The number of carbonyl (C=O) groups excluding carboxylic acids is 1. The lowest BCUT2D eigenvalue weighted by molar-refractivity contribution is -0.129. The molecule has 3 nitrogen and oxygen atoms in total. The standard InChI is InChI=1S/C14H20BrNO2/c1-4-13(15)14(17)16(3)8-9-18-12-7-5-6-11(2)10-12/h5-7,10,13H,4,8-9H2,1-3H3. The summed E-state index contributed by atoms with van der Waals surface area (Å²) in [6.07, 6.45) is 0.794. The number of aryl methyl sites for hydroxylation is 1. The van der Waals surface area contributed by atoms with Gasteiger partial charge in [0.05, 0.1) is 11.4 Å². The molecule has 0 saturated heterocycles. The molecule has 0 saturated carbocycles. The zero-order valence-electron chi connectivity index (χ0n) is 11.1. The first-order valence-electron chi connectivity index (χ1n) is 6.13. The number of benzene rings is 1. The van der Waals surface area contributed by atoms with E-state index in [0.29, 0.717) is 13.2 Å². The van der Waals surface area contributed by atoms with Crippen molar-refractivity contribution in [2.75, 3.05) is 20.2 Å². The third kappa shape index (κ3) is 4.69. The lowest BCUT2D eigenvalue weighted by Crippen LogP contribution is -2.35. The fourth-order valence-electron chi connectivity index (χ4n) is 1.53. The van der Waals surface area contributed by atoms with E-state index >= 15 is 0 Å². The molecule has 1 aromatic rings. The van der Waals surface area contributed by atoms with Gasteiger partial charge in [0.15, 0.2) is 0 Å². The second-order valence-electron chi connectivity index (χ2n) is 4.30. The van der Waals surface area contributed by atoms with Crippen LogP contribution in [0, 0.1) is 6.92 Å². The average Bonchev–Trinajstić information content (AvgIpc) is 2.36. The summed E-state index contributed by atoms with van der Waals surface area (Å²) in [6.45, 7) is 5.11. The molecule has 18 heavy (non-hydrogen) atoms. The van der Waals surface area contributed by atoms with Gasteiger partial charge >= 0.3 is 0 Å². The Morgan fingerprint density at radius 3 is 2.83 bits per heavy atom. The predicted molar refractivity (Wildman–Crippen MR) is 77.3 cm³/mol. The highest BCUT2D eigenvalue weighted by atomic mass is 79.9. The van der Waals surface area contributed by atoms with Crippen molar-refractivity contribution >= 4 is 21.8 Å². The van der Waals surface area contributed by atoms with Gasteiger partial charge in [0.1, 0.15) is 12.4 Å². The summed E-state index contributed by atoms with van der Waals surface area (Å²) in [5.74, 6) is 0.951. The normalized spacial score (nSPS) is 12.0. The molecule has 0 aliphatic carbocycles. The molecule has 0 spiro atoms. The maximum Gasteiger partial charge on any atom is 0.236 e. The Bertz CT molecular complexity index is 395. The van der Waals surface area contributed by atoms with Crippen LogP contribution in [-0.4, -0.2) is 35.8 Å². The molecule has 1 rings (SSSR count). The number of halogens is 1. The highest BCUT2D eigenvalue weighted by molar-refractivity contribution is 9.10. The third-order valence-electron chi connectivity index (χ3n) is 2.69. The lowest BCUT2D eigenvalue weighted by atomic mass is 10.2. The van der Waals surface area contributed by atoms with Gasteiger partial charge in [0.25, 0.3) is 0 Å². The van der Waals surface area contributed by atoms with E-state index in [1.165, 1.54) is 5.56 Å². The molecule has 0 fully saturated rings. The van der Waals surface area contributed by atoms with E-state index < -0.39 is 0 Å². The van der Waals surface area contributed by atoms with Gasteiger partial charge < -0.3 is 9.64 Å². The number of likely N-dealkylation sites (N-methyl/N-ethyl adjacent to an activating group) is 1. The Hall–Kier alpha value is -1.03. The van der Waals surface area contributed by atoms with Crippen molar-refractivity contribution in [3.63, 3.8) is 0 Å². The zero-order valence-corrected chi connectivity index (χ0v) is 12.7. The molecule has 1 amide bonds. The van der Waals surface area contributed by atoms with Gasteiger partial charge in [-0.05, 0) is 31.0 Å². The molecule has 1 atom stereocenters. The van der Waals surface area contributed by atoms with Crippen LogP contribution in [0.2, 0.25) is 0 Å². The number of amides is 1. The zero-order chi connectivity index (χ0) is 13.5. The van der Waals surface area contributed by atoms with Crippen molar-refractivity contribution in [2.45, 2.75) is 25.1 Å². The Morgan fingerprint density at radius 2 is 2.22 bits per heavy atom. The van der Waals surface area contributed by atoms with Crippen LogP contribution < -0.4 is 4.74 Å². The Morgan fingerprint density at radius 1 is 1.50 bits per heavy atom. The number of rotatable bonds is 6. The smallest absolute Gasteiger partial charge is 0.236 e. The lowest BCUT2D eigenvalue weighted by Gasteiger charge is -2.20. The maximum atomic E-state index is 11.8. The summed E-state index contributed by atoms with van der Waals surface area (Å²) in [5, 5.41) is 0. The van der Waals surface area contributed by atoms with E-state index in [-0.39, 0.29) is 10.7 Å². The minimum atomic E-state index is -0.0959. The van der Waals surface area contributed by atoms with Crippen molar-refractivity contribution in [2.24, 2.45) is 0 Å². The van der Waals surface area contributed by atoms with Crippen LogP contribution >= 0.6 is 15.9 Å². The van der Waals surface area contributed by atoms with Gasteiger partial charge in [-0.3, -0.25) is 4.79 Å². The summed E-state index contributed by atoms with van der Waals surface area (Å²) in [5.41, 5.74) is 1.17. The Kier molecular flexibility index (Phi) is 6.19. The molecule has 4 heteroatoms. The quantitative estimate of drug-likeness (QED) is 0.756. The van der Waals surface area contributed by atoms with Gasteiger partial charge in [-0.1, -0.05) is 35.0 Å². The monoisotopic (exact) mass is 313 g/mol. The first-order valence-corrected chi connectivity index (χ1v) is 7.04. The molecular weight excluding hydrogens is 294 g/mol. The molecule has 0 heterocycles. The topological polar surface area (TPSA) is 29.5 Å². The fraction of sp³-hybridized carbons (Fsp3) is 0.500. The molecule has 0 aromatic heterocycles. The number of hydrogen-bond donors (Lipinski definition) is 0. The Labute approximate surface area is 117 Å². The van der Waals surface area contributed by atoms with Crippen LogP contribution in [0.4, 0.5) is 0 Å². The van der Waals surface area contributed by atoms with Crippen LogP contribution in [0.25, 0.3) is 0 Å². The molecule has 0 radical (unpaired) electrons. The van der Waals surface area contributed by atoms with Crippen molar-refractivity contribution in [3.05, 3.63) is 29.8 Å². The van der Waals surface area contributed by atoms with Crippen LogP contribution in [-0.2, 0) is 4.79 Å². The molecule has 1 aromatic carbocycles. The van der Waals surface area contributed by atoms with Crippen LogP contribution in [0.15, 0.2) is 24.3 Å². The summed E-state index contributed by atoms with van der Waals surface area (Å²) in [6, 6.07) is 7.90.